The molecule has 0 spiro atoms. The van der Waals surface area contributed by atoms with Gasteiger partial charge in [0.1, 0.15) is 0 Å². The van der Waals surface area contributed by atoms with Crippen molar-refractivity contribution < 1.29 is 9.53 Å². The third kappa shape index (κ3) is 4.20. The first-order chi connectivity index (χ1) is 7.13. The van der Waals surface area contributed by atoms with Gasteiger partial charge in [-0.2, -0.15) is 0 Å². The lowest BCUT2D eigenvalue weighted by Gasteiger charge is -2.38. The smallest absolute Gasteiger partial charge is 0.307 e. The molecule has 0 heterocycles. The zero-order valence-electron chi connectivity index (χ0n) is 10.1. The molecule has 3 nitrogen and oxygen atoms in total. The van der Waals surface area contributed by atoms with E-state index in [9.17, 15) is 4.79 Å². The molecular weight excluding hydrogens is 190 g/mol. The summed E-state index contributed by atoms with van der Waals surface area (Å²) in [5, 5.41) is 3.39. The van der Waals surface area contributed by atoms with Crippen LogP contribution in [0.4, 0.5) is 0 Å². The Morgan fingerprint density at radius 3 is 2.67 bits per heavy atom. The normalized spacial score (nSPS) is 25.1. The summed E-state index contributed by atoms with van der Waals surface area (Å²) in [5.41, 5.74) is 0. The first-order valence-corrected chi connectivity index (χ1v) is 6.02. The molecule has 0 unspecified atom stereocenters. The van der Waals surface area contributed by atoms with E-state index in [0.717, 1.165) is 18.4 Å². The van der Waals surface area contributed by atoms with Gasteiger partial charge in [0.2, 0.25) is 0 Å². The minimum absolute atomic E-state index is 0.0928. The average molecular weight is 213 g/mol. The summed E-state index contributed by atoms with van der Waals surface area (Å²) in [6, 6.07) is 0.631. The van der Waals surface area contributed by atoms with E-state index >= 15 is 0 Å². The number of nitrogens with one attached hydrogen (secondary N) is 1. The molecule has 0 atom stereocenters. The summed E-state index contributed by atoms with van der Waals surface area (Å²) >= 11 is 0. The van der Waals surface area contributed by atoms with E-state index in [2.05, 4.69) is 19.2 Å². The molecule has 1 aliphatic carbocycles. The number of rotatable bonds is 6. The van der Waals surface area contributed by atoms with Gasteiger partial charge in [-0.1, -0.05) is 13.8 Å². The van der Waals surface area contributed by atoms with Crippen LogP contribution in [0.25, 0.3) is 0 Å². The molecule has 3 heteroatoms. The molecule has 0 aromatic heterocycles. The Kier molecular flexibility index (Phi) is 5.09. The SMILES string of the molecule is CCOC(=O)CCNC1CC(C(C)C)C1. The topological polar surface area (TPSA) is 38.3 Å². The molecule has 1 N–H and O–H groups in total. The lowest BCUT2D eigenvalue weighted by molar-refractivity contribution is -0.143. The largest absolute Gasteiger partial charge is 0.466 e. The fourth-order valence-electron chi connectivity index (χ4n) is 1.98. The highest BCUT2D eigenvalue weighted by Crippen LogP contribution is 2.33. The molecule has 1 saturated carbocycles. The van der Waals surface area contributed by atoms with Crippen molar-refractivity contribution >= 4 is 5.97 Å². The maximum atomic E-state index is 11.0. The van der Waals surface area contributed by atoms with Crippen molar-refractivity contribution in [3.05, 3.63) is 0 Å². The van der Waals surface area contributed by atoms with E-state index in [4.69, 9.17) is 4.74 Å². The highest BCUT2D eigenvalue weighted by molar-refractivity contribution is 5.69. The Labute approximate surface area is 92.6 Å². The van der Waals surface area contributed by atoms with E-state index < -0.39 is 0 Å². The molecule has 0 aromatic rings. The second kappa shape index (κ2) is 6.11. The Morgan fingerprint density at radius 2 is 2.13 bits per heavy atom. The van der Waals surface area contributed by atoms with E-state index in [1.807, 2.05) is 6.92 Å². The number of hydrogen-bond acceptors (Lipinski definition) is 3. The number of carbonyl (C=O) groups excluding carboxylic acids is 1. The Hall–Kier alpha value is -0.570. The molecule has 0 aromatic carbocycles. The van der Waals surface area contributed by atoms with Crippen LogP contribution in [0.15, 0.2) is 0 Å². The maximum Gasteiger partial charge on any atom is 0.307 e. The highest BCUT2D eigenvalue weighted by Gasteiger charge is 2.30. The van der Waals surface area contributed by atoms with Crippen molar-refractivity contribution in [1.82, 2.24) is 5.32 Å². The summed E-state index contributed by atoms with van der Waals surface area (Å²) in [7, 11) is 0. The molecule has 15 heavy (non-hydrogen) atoms. The molecule has 1 rings (SSSR count). The van der Waals surface area contributed by atoms with Gasteiger partial charge in [-0.15, -0.1) is 0 Å². The lowest BCUT2D eigenvalue weighted by Crippen LogP contribution is -2.43. The number of esters is 1. The van der Waals surface area contributed by atoms with Crippen LogP contribution in [0.3, 0.4) is 0 Å². The fourth-order valence-corrected chi connectivity index (χ4v) is 1.98. The van der Waals surface area contributed by atoms with E-state index in [1.165, 1.54) is 12.8 Å². The van der Waals surface area contributed by atoms with Crippen LogP contribution in [0.1, 0.15) is 40.0 Å². The van der Waals surface area contributed by atoms with E-state index in [0.29, 0.717) is 19.1 Å². The molecule has 0 radical (unpaired) electrons. The number of ether oxygens (including phenoxy) is 1. The summed E-state index contributed by atoms with van der Waals surface area (Å²) in [4.78, 5) is 11.0. The van der Waals surface area contributed by atoms with Crippen LogP contribution in [0.2, 0.25) is 0 Å². The zero-order valence-corrected chi connectivity index (χ0v) is 10.1. The summed E-state index contributed by atoms with van der Waals surface area (Å²) in [6.45, 7) is 7.63. The first-order valence-electron chi connectivity index (χ1n) is 6.02. The zero-order chi connectivity index (χ0) is 11.3. The molecule has 1 aliphatic rings. The van der Waals surface area contributed by atoms with Gasteiger partial charge in [-0.3, -0.25) is 4.79 Å². The monoisotopic (exact) mass is 213 g/mol. The van der Waals surface area contributed by atoms with Crippen LogP contribution in [0, 0.1) is 11.8 Å². The van der Waals surface area contributed by atoms with Gasteiger partial charge in [-0.05, 0) is 31.6 Å². The number of hydrogen-bond donors (Lipinski definition) is 1. The first kappa shape index (κ1) is 12.5. The van der Waals surface area contributed by atoms with Crippen LogP contribution >= 0.6 is 0 Å². The minimum Gasteiger partial charge on any atom is -0.466 e. The van der Waals surface area contributed by atoms with Crippen molar-refractivity contribution in [1.29, 1.82) is 0 Å². The molecule has 88 valence electrons. The van der Waals surface area contributed by atoms with Crippen molar-refractivity contribution in [2.45, 2.75) is 46.1 Å². The maximum absolute atomic E-state index is 11.0. The van der Waals surface area contributed by atoms with Crippen LogP contribution in [-0.2, 0) is 9.53 Å². The van der Waals surface area contributed by atoms with Gasteiger partial charge in [0.05, 0.1) is 13.0 Å². The molecular formula is C12H23NO2. The Morgan fingerprint density at radius 1 is 1.47 bits per heavy atom. The second-order valence-electron chi connectivity index (χ2n) is 4.68. The van der Waals surface area contributed by atoms with Gasteiger partial charge in [0, 0.05) is 12.6 Å². The van der Waals surface area contributed by atoms with Crippen molar-refractivity contribution in [3.63, 3.8) is 0 Å². The Bertz CT molecular complexity index is 198. The second-order valence-corrected chi connectivity index (χ2v) is 4.68. The van der Waals surface area contributed by atoms with Gasteiger partial charge in [0.15, 0.2) is 0 Å². The quantitative estimate of drug-likeness (QED) is 0.685. The van der Waals surface area contributed by atoms with Gasteiger partial charge < -0.3 is 10.1 Å². The molecule has 1 fully saturated rings. The van der Waals surface area contributed by atoms with Crippen LogP contribution < -0.4 is 5.32 Å². The average Bonchev–Trinajstić information content (AvgIpc) is 2.08. The lowest BCUT2D eigenvalue weighted by atomic mass is 9.74. The summed E-state index contributed by atoms with van der Waals surface area (Å²) in [5.74, 6) is 1.59. The highest BCUT2D eigenvalue weighted by atomic mass is 16.5. The van der Waals surface area contributed by atoms with Crippen molar-refractivity contribution in [2.75, 3.05) is 13.2 Å². The van der Waals surface area contributed by atoms with Gasteiger partial charge in [0.25, 0.3) is 0 Å². The standard InChI is InChI=1S/C12H23NO2/c1-4-15-12(14)5-6-13-11-7-10(8-11)9(2)3/h9-11,13H,4-8H2,1-3H3. The summed E-state index contributed by atoms with van der Waals surface area (Å²) in [6.07, 6.45) is 3.03. The predicted octanol–water partition coefficient (Wildman–Crippen LogP) is 1.96. The van der Waals surface area contributed by atoms with Crippen LogP contribution in [-0.4, -0.2) is 25.2 Å². The fraction of sp³-hybridized carbons (Fsp3) is 0.917. The minimum atomic E-state index is -0.0928. The molecule has 0 bridgehead atoms. The predicted molar refractivity (Wildman–Crippen MR) is 60.6 cm³/mol. The van der Waals surface area contributed by atoms with Crippen molar-refractivity contribution in [3.8, 4) is 0 Å². The van der Waals surface area contributed by atoms with E-state index in [1.54, 1.807) is 0 Å². The summed E-state index contributed by atoms with van der Waals surface area (Å²) < 4.78 is 4.86. The molecule has 0 amide bonds. The number of carbonyl (C=O) groups is 1. The third-order valence-corrected chi connectivity index (χ3v) is 3.18. The van der Waals surface area contributed by atoms with Gasteiger partial charge >= 0.3 is 5.97 Å². The van der Waals surface area contributed by atoms with Crippen molar-refractivity contribution in [2.24, 2.45) is 11.8 Å². The van der Waals surface area contributed by atoms with Crippen LogP contribution in [0.5, 0.6) is 0 Å². The Balaban J connectivity index is 1.97. The molecule has 0 saturated heterocycles. The molecule has 0 aliphatic heterocycles. The van der Waals surface area contributed by atoms with E-state index in [-0.39, 0.29) is 5.97 Å². The van der Waals surface area contributed by atoms with Gasteiger partial charge in [-0.25, -0.2) is 0 Å². The third-order valence-electron chi connectivity index (χ3n) is 3.18.